The maximum atomic E-state index is 12.3. The molecular weight excluding hydrogens is 240 g/mol. The van der Waals surface area contributed by atoms with Crippen LogP contribution in [-0.2, 0) is 6.42 Å². The Morgan fingerprint density at radius 2 is 1.95 bits per heavy atom. The van der Waals surface area contributed by atoms with Crippen LogP contribution >= 0.6 is 0 Å². The normalized spacial score (nSPS) is 10.2. The lowest BCUT2D eigenvalue weighted by molar-refractivity contribution is 0.0993. The minimum atomic E-state index is -0.0201. The van der Waals surface area contributed by atoms with Gasteiger partial charge in [-0.1, -0.05) is 12.1 Å². The van der Waals surface area contributed by atoms with E-state index in [0.29, 0.717) is 17.8 Å². The summed E-state index contributed by atoms with van der Waals surface area (Å²) < 4.78 is 5.08. The summed E-state index contributed by atoms with van der Waals surface area (Å²) in [6.45, 7) is 1.86. The quantitative estimate of drug-likeness (QED) is 0.853. The molecule has 0 fully saturated rings. The number of aromatic nitrogens is 1. The summed E-state index contributed by atoms with van der Waals surface area (Å²) in [5.74, 6) is 1.04. The molecule has 0 saturated heterocycles. The van der Waals surface area contributed by atoms with Crippen molar-refractivity contribution in [3.63, 3.8) is 0 Å². The molecule has 0 spiro atoms. The molecule has 0 radical (unpaired) electrons. The maximum Gasteiger partial charge on any atom is 0.171 e. The molecule has 1 aromatic heterocycles. The Labute approximate surface area is 112 Å². The van der Waals surface area contributed by atoms with Gasteiger partial charge in [-0.25, -0.2) is 4.98 Å². The Morgan fingerprint density at radius 3 is 2.53 bits per heavy atom. The van der Waals surface area contributed by atoms with Crippen molar-refractivity contribution in [1.29, 1.82) is 0 Å². The van der Waals surface area contributed by atoms with Gasteiger partial charge < -0.3 is 10.5 Å². The molecule has 2 rings (SSSR count). The highest BCUT2D eigenvalue weighted by Crippen LogP contribution is 2.18. The third kappa shape index (κ3) is 2.91. The van der Waals surface area contributed by atoms with E-state index in [9.17, 15) is 4.79 Å². The zero-order chi connectivity index (χ0) is 13.8. The molecular formula is C15H16N2O2. The van der Waals surface area contributed by atoms with Crippen LogP contribution in [0.15, 0.2) is 36.5 Å². The Kier molecular flexibility index (Phi) is 3.80. The van der Waals surface area contributed by atoms with Gasteiger partial charge in [0.15, 0.2) is 5.78 Å². The molecule has 1 heterocycles. The number of Topliss-reactive ketones (excluding diaryl/α,β-unsaturated/α-hetero) is 1. The van der Waals surface area contributed by atoms with Crippen molar-refractivity contribution in [3.05, 3.63) is 53.2 Å². The van der Waals surface area contributed by atoms with Crippen LogP contribution in [0.5, 0.6) is 5.75 Å². The van der Waals surface area contributed by atoms with Crippen LogP contribution < -0.4 is 10.5 Å². The fraction of sp³-hybridized carbons (Fsp3) is 0.200. The number of pyridine rings is 1. The van der Waals surface area contributed by atoms with Gasteiger partial charge in [0.2, 0.25) is 0 Å². The molecule has 0 aliphatic heterocycles. The van der Waals surface area contributed by atoms with Gasteiger partial charge in [-0.15, -0.1) is 0 Å². The van der Waals surface area contributed by atoms with E-state index in [1.165, 1.54) is 0 Å². The first-order chi connectivity index (χ1) is 9.11. The summed E-state index contributed by atoms with van der Waals surface area (Å²) in [6, 6.07) is 9.21. The SMILES string of the molecule is COc1ccc(CC(=O)c2c(C)ccnc2N)cc1. The Bertz CT molecular complexity index is 571. The number of nitrogen functional groups attached to an aromatic ring is 1. The molecule has 2 N–H and O–H groups in total. The summed E-state index contributed by atoms with van der Waals surface area (Å²) in [5.41, 5.74) is 8.06. The highest BCUT2D eigenvalue weighted by Gasteiger charge is 2.14. The number of ketones is 1. The van der Waals surface area contributed by atoms with Crippen LogP contribution in [0.2, 0.25) is 0 Å². The zero-order valence-electron chi connectivity index (χ0n) is 11.0. The standard InChI is InChI=1S/C15H16N2O2/c1-10-7-8-17-15(16)14(10)13(18)9-11-3-5-12(19-2)6-4-11/h3-8H,9H2,1-2H3,(H2,16,17). The van der Waals surface area contributed by atoms with E-state index in [-0.39, 0.29) is 5.78 Å². The van der Waals surface area contributed by atoms with E-state index in [0.717, 1.165) is 16.9 Å². The lowest BCUT2D eigenvalue weighted by atomic mass is 10.00. The first kappa shape index (κ1) is 13.1. The predicted octanol–water partition coefficient (Wildman–Crippen LogP) is 2.41. The van der Waals surface area contributed by atoms with Gasteiger partial charge in [-0.2, -0.15) is 0 Å². The van der Waals surface area contributed by atoms with Crippen LogP contribution in [0.25, 0.3) is 0 Å². The molecule has 0 saturated carbocycles. The van der Waals surface area contributed by atoms with E-state index in [4.69, 9.17) is 10.5 Å². The van der Waals surface area contributed by atoms with E-state index in [1.54, 1.807) is 19.4 Å². The summed E-state index contributed by atoms with van der Waals surface area (Å²) in [5, 5.41) is 0. The van der Waals surface area contributed by atoms with E-state index in [2.05, 4.69) is 4.98 Å². The fourth-order valence-corrected chi connectivity index (χ4v) is 1.96. The number of nitrogens with zero attached hydrogens (tertiary/aromatic N) is 1. The third-order valence-electron chi connectivity index (χ3n) is 2.99. The molecule has 0 amide bonds. The van der Waals surface area contributed by atoms with Crippen LogP contribution in [0.1, 0.15) is 21.5 Å². The Hall–Kier alpha value is -2.36. The van der Waals surface area contributed by atoms with Gasteiger partial charge >= 0.3 is 0 Å². The smallest absolute Gasteiger partial charge is 0.171 e. The van der Waals surface area contributed by atoms with Crippen molar-refractivity contribution in [3.8, 4) is 5.75 Å². The molecule has 4 heteroatoms. The first-order valence-electron chi connectivity index (χ1n) is 5.99. The maximum absolute atomic E-state index is 12.3. The average Bonchev–Trinajstić information content (AvgIpc) is 2.39. The number of carbonyl (C=O) groups excluding carboxylic acids is 1. The molecule has 0 bridgehead atoms. The molecule has 0 aliphatic rings. The number of ether oxygens (including phenoxy) is 1. The monoisotopic (exact) mass is 256 g/mol. The highest BCUT2D eigenvalue weighted by molar-refractivity contribution is 6.02. The highest BCUT2D eigenvalue weighted by atomic mass is 16.5. The number of nitrogens with two attached hydrogens (primary N) is 1. The number of anilines is 1. The Morgan fingerprint density at radius 1 is 1.26 bits per heavy atom. The summed E-state index contributed by atoms with van der Waals surface area (Å²) in [6.07, 6.45) is 1.91. The second kappa shape index (κ2) is 5.52. The van der Waals surface area contributed by atoms with Crippen molar-refractivity contribution in [1.82, 2.24) is 4.98 Å². The van der Waals surface area contributed by atoms with Gasteiger partial charge in [0.1, 0.15) is 11.6 Å². The minimum Gasteiger partial charge on any atom is -0.497 e. The van der Waals surface area contributed by atoms with Crippen LogP contribution in [-0.4, -0.2) is 17.9 Å². The average molecular weight is 256 g/mol. The molecule has 1 aromatic carbocycles. The molecule has 0 unspecified atom stereocenters. The summed E-state index contributed by atoms with van der Waals surface area (Å²) in [4.78, 5) is 16.2. The number of hydrogen-bond acceptors (Lipinski definition) is 4. The number of benzene rings is 1. The second-order valence-electron chi connectivity index (χ2n) is 4.34. The third-order valence-corrected chi connectivity index (χ3v) is 2.99. The van der Waals surface area contributed by atoms with Crippen molar-refractivity contribution in [2.75, 3.05) is 12.8 Å². The van der Waals surface area contributed by atoms with Crippen molar-refractivity contribution in [2.45, 2.75) is 13.3 Å². The molecule has 2 aromatic rings. The van der Waals surface area contributed by atoms with Gasteiger partial charge in [-0.3, -0.25) is 4.79 Å². The predicted molar refractivity (Wildman–Crippen MR) is 74.4 cm³/mol. The molecule has 98 valence electrons. The second-order valence-corrected chi connectivity index (χ2v) is 4.34. The molecule has 4 nitrogen and oxygen atoms in total. The van der Waals surface area contributed by atoms with Gasteiger partial charge in [0.25, 0.3) is 0 Å². The number of methoxy groups -OCH3 is 1. The zero-order valence-corrected chi connectivity index (χ0v) is 11.0. The lowest BCUT2D eigenvalue weighted by Crippen LogP contribution is -2.10. The van der Waals surface area contributed by atoms with E-state index < -0.39 is 0 Å². The number of rotatable bonds is 4. The lowest BCUT2D eigenvalue weighted by Gasteiger charge is -2.08. The first-order valence-corrected chi connectivity index (χ1v) is 5.99. The largest absolute Gasteiger partial charge is 0.497 e. The number of aryl methyl sites for hydroxylation is 1. The van der Waals surface area contributed by atoms with Crippen molar-refractivity contribution >= 4 is 11.6 Å². The van der Waals surface area contributed by atoms with Gasteiger partial charge in [0.05, 0.1) is 12.7 Å². The summed E-state index contributed by atoms with van der Waals surface area (Å²) in [7, 11) is 1.61. The van der Waals surface area contributed by atoms with Crippen molar-refractivity contribution < 1.29 is 9.53 Å². The van der Waals surface area contributed by atoms with Crippen LogP contribution in [0.3, 0.4) is 0 Å². The Balaban J connectivity index is 2.21. The van der Waals surface area contributed by atoms with Gasteiger partial charge in [-0.05, 0) is 36.2 Å². The fourth-order valence-electron chi connectivity index (χ4n) is 1.96. The van der Waals surface area contributed by atoms with E-state index >= 15 is 0 Å². The van der Waals surface area contributed by atoms with Gasteiger partial charge in [0, 0.05) is 12.6 Å². The van der Waals surface area contributed by atoms with Crippen LogP contribution in [0, 0.1) is 6.92 Å². The number of carbonyl (C=O) groups is 1. The number of hydrogen-bond donors (Lipinski definition) is 1. The molecule has 0 atom stereocenters. The van der Waals surface area contributed by atoms with Crippen LogP contribution in [0.4, 0.5) is 5.82 Å². The minimum absolute atomic E-state index is 0.0201. The summed E-state index contributed by atoms with van der Waals surface area (Å²) >= 11 is 0. The van der Waals surface area contributed by atoms with Crippen molar-refractivity contribution in [2.24, 2.45) is 0 Å². The topological polar surface area (TPSA) is 65.2 Å². The molecule has 19 heavy (non-hydrogen) atoms. The van der Waals surface area contributed by atoms with E-state index in [1.807, 2.05) is 31.2 Å². The molecule has 0 aliphatic carbocycles.